The first-order chi connectivity index (χ1) is 8.37. The molecule has 0 fully saturated rings. The molecule has 1 rings (SSSR count). The Bertz CT molecular complexity index is 357. The van der Waals surface area contributed by atoms with Crippen molar-refractivity contribution in [3.8, 4) is 0 Å². The monoisotopic (exact) mass is 254 g/mol. The predicted molar refractivity (Wildman–Crippen MR) is 70.9 cm³/mol. The molecule has 0 radical (unpaired) electrons. The molecule has 0 aliphatic carbocycles. The van der Waals surface area contributed by atoms with E-state index in [1.165, 1.54) is 12.4 Å². The fraction of sp³-hybridized carbons (Fsp3) is 0.583. The van der Waals surface area contributed by atoms with Gasteiger partial charge in [-0.1, -0.05) is 13.8 Å². The van der Waals surface area contributed by atoms with E-state index < -0.39 is 11.7 Å². The van der Waals surface area contributed by atoms with E-state index in [1.54, 1.807) is 20.8 Å². The number of hydrogen-bond acceptors (Lipinski definition) is 5. The zero-order valence-electron chi connectivity index (χ0n) is 11.7. The second kappa shape index (κ2) is 7.47. The van der Waals surface area contributed by atoms with Crippen LogP contribution < -0.4 is 11.1 Å². The Morgan fingerprint density at radius 3 is 2.39 bits per heavy atom. The maximum atomic E-state index is 11.3. The summed E-state index contributed by atoms with van der Waals surface area (Å²) in [6.45, 7) is 9.67. The summed E-state index contributed by atoms with van der Waals surface area (Å²) >= 11 is 0. The zero-order chi connectivity index (χ0) is 14.2. The Labute approximate surface area is 108 Å². The van der Waals surface area contributed by atoms with Gasteiger partial charge in [0, 0.05) is 0 Å². The molecule has 1 aromatic rings. The fourth-order valence-corrected chi connectivity index (χ4v) is 0.933. The molecule has 1 amide bonds. The number of hydrogen-bond donors (Lipinski definition) is 2. The van der Waals surface area contributed by atoms with Crippen LogP contribution in [0, 0.1) is 0 Å². The SMILES string of the molecule is CC.CC(C)(C)OC(=O)NCc1cnc(N)cn1. The number of nitrogen functional groups attached to an aromatic ring is 1. The van der Waals surface area contributed by atoms with Crippen LogP contribution in [-0.4, -0.2) is 21.7 Å². The van der Waals surface area contributed by atoms with Gasteiger partial charge in [-0.05, 0) is 20.8 Å². The van der Waals surface area contributed by atoms with Gasteiger partial charge in [0.1, 0.15) is 11.4 Å². The Hall–Kier alpha value is -1.85. The topological polar surface area (TPSA) is 90.1 Å². The van der Waals surface area contributed by atoms with E-state index in [9.17, 15) is 4.79 Å². The average Bonchev–Trinajstić information content (AvgIpc) is 2.29. The van der Waals surface area contributed by atoms with Crippen molar-refractivity contribution in [2.45, 2.75) is 46.8 Å². The molecule has 0 bridgehead atoms. The second-order valence-corrected chi connectivity index (χ2v) is 4.29. The van der Waals surface area contributed by atoms with Crippen molar-refractivity contribution in [3.05, 3.63) is 18.1 Å². The number of alkyl carbamates (subject to hydrolysis) is 1. The Kier molecular flexibility index (Phi) is 6.70. The highest BCUT2D eigenvalue weighted by Crippen LogP contribution is 2.06. The quantitative estimate of drug-likeness (QED) is 0.843. The highest BCUT2D eigenvalue weighted by molar-refractivity contribution is 5.67. The van der Waals surface area contributed by atoms with Crippen LogP contribution in [0.2, 0.25) is 0 Å². The third kappa shape index (κ3) is 7.43. The number of anilines is 1. The molecule has 0 aromatic carbocycles. The highest BCUT2D eigenvalue weighted by atomic mass is 16.6. The molecule has 1 heterocycles. The number of rotatable bonds is 2. The molecule has 1 aromatic heterocycles. The van der Waals surface area contributed by atoms with Crippen LogP contribution in [0.15, 0.2) is 12.4 Å². The molecule has 0 saturated carbocycles. The first-order valence-corrected chi connectivity index (χ1v) is 5.90. The number of carbonyl (C=O) groups is 1. The molecule has 0 aliphatic rings. The van der Waals surface area contributed by atoms with E-state index >= 15 is 0 Å². The van der Waals surface area contributed by atoms with Gasteiger partial charge in [-0.2, -0.15) is 0 Å². The Balaban J connectivity index is 0.00000137. The van der Waals surface area contributed by atoms with Crippen LogP contribution in [0.5, 0.6) is 0 Å². The molecule has 0 spiro atoms. The predicted octanol–water partition coefficient (Wildman–Crippen LogP) is 2.11. The van der Waals surface area contributed by atoms with E-state index in [1.807, 2.05) is 13.8 Å². The fourth-order valence-electron chi connectivity index (χ4n) is 0.933. The molecule has 0 atom stereocenters. The van der Waals surface area contributed by atoms with E-state index in [-0.39, 0.29) is 6.54 Å². The lowest BCUT2D eigenvalue weighted by Crippen LogP contribution is -2.32. The van der Waals surface area contributed by atoms with Crippen molar-refractivity contribution in [3.63, 3.8) is 0 Å². The molecule has 6 heteroatoms. The van der Waals surface area contributed by atoms with Crippen molar-refractivity contribution in [1.82, 2.24) is 15.3 Å². The van der Waals surface area contributed by atoms with Gasteiger partial charge in [-0.15, -0.1) is 0 Å². The van der Waals surface area contributed by atoms with Crippen molar-refractivity contribution < 1.29 is 9.53 Å². The summed E-state index contributed by atoms with van der Waals surface area (Å²) in [6.07, 6.45) is 2.46. The maximum absolute atomic E-state index is 11.3. The summed E-state index contributed by atoms with van der Waals surface area (Å²) in [6, 6.07) is 0. The third-order valence-corrected chi connectivity index (χ3v) is 1.54. The standard InChI is InChI=1S/C10H16N4O2.C2H6/c1-10(2,3)16-9(15)14-5-7-4-13-8(11)6-12-7;1-2/h4,6H,5H2,1-3H3,(H2,11,13)(H,14,15);1-2H3. The van der Waals surface area contributed by atoms with Crippen LogP contribution >= 0.6 is 0 Å². The Morgan fingerprint density at radius 1 is 1.33 bits per heavy atom. The largest absolute Gasteiger partial charge is 0.444 e. The van der Waals surface area contributed by atoms with Crippen molar-refractivity contribution >= 4 is 11.9 Å². The van der Waals surface area contributed by atoms with Crippen molar-refractivity contribution in [1.29, 1.82) is 0 Å². The van der Waals surface area contributed by atoms with Crippen LogP contribution in [0.4, 0.5) is 10.6 Å². The average molecular weight is 254 g/mol. The second-order valence-electron chi connectivity index (χ2n) is 4.29. The number of aromatic nitrogens is 2. The molecule has 6 nitrogen and oxygen atoms in total. The van der Waals surface area contributed by atoms with Gasteiger partial charge in [0.05, 0.1) is 24.6 Å². The summed E-state index contributed by atoms with van der Waals surface area (Å²) in [5.74, 6) is 0.348. The van der Waals surface area contributed by atoms with E-state index in [4.69, 9.17) is 10.5 Å². The molecule has 18 heavy (non-hydrogen) atoms. The number of nitrogens with two attached hydrogens (primary N) is 1. The van der Waals surface area contributed by atoms with Crippen LogP contribution in [0.1, 0.15) is 40.3 Å². The summed E-state index contributed by atoms with van der Waals surface area (Å²) in [4.78, 5) is 19.1. The molecular weight excluding hydrogens is 232 g/mol. The number of nitrogens with one attached hydrogen (secondary N) is 1. The molecule has 0 unspecified atom stereocenters. The molecular formula is C12H22N4O2. The van der Waals surface area contributed by atoms with E-state index in [0.29, 0.717) is 11.5 Å². The molecule has 0 saturated heterocycles. The minimum absolute atomic E-state index is 0.266. The van der Waals surface area contributed by atoms with Crippen molar-refractivity contribution in [2.24, 2.45) is 0 Å². The smallest absolute Gasteiger partial charge is 0.407 e. The van der Waals surface area contributed by atoms with Crippen LogP contribution in [-0.2, 0) is 11.3 Å². The lowest BCUT2D eigenvalue weighted by molar-refractivity contribution is 0.0523. The summed E-state index contributed by atoms with van der Waals surface area (Å²) in [7, 11) is 0. The lowest BCUT2D eigenvalue weighted by atomic mass is 10.2. The van der Waals surface area contributed by atoms with Crippen LogP contribution in [0.3, 0.4) is 0 Å². The van der Waals surface area contributed by atoms with Gasteiger partial charge in [0.25, 0.3) is 0 Å². The first-order valence-electron chi connectivity index (χ1n) is 5.90. The first kappa shape index (κ1) is 16.1. The van der Waals surface area contributed by atoms with Gasteiger partial charge in [-0.3, -0.25) is 4.98 Å². The third-order valence-electron chi connectivity index (χ3n) is 1.54. The summed E-state index contributed by atoms with van der Waals surface area (Å²) in [5, 5.41) is 2.57. The highest BCUT2D eigenvalue weighted by Gasteiger charge is 2.15. The Morgan fingerprint density at radius 2 is 1.94 bits per heavy atom. The summed E-state index contributed by atoms with van der Waals surface area (Å²) in [5.41, 5.74) is 5.50. The van der Waals surface area contributed by atoms with E-state index in [2.05, 4.69) is 15.3 Å². The van der Waals surface area contributed by atoms with Gasteiger partial charge in [0.2, 0.25) is 0 Å². The van der Waals surface area contributed by atoms with Gasteiger partial charge >= 0.3 is 6.09 Å². The maximum Gasteiger partial charge on any atom is 0.407 e. The summed E-state index contributed by atoms with van der Waals surface area (Å²) < 4.78 is 5.06. The minimum Gasteiger partial charge on any atom is -0.444 e. The van der Waals surface area contributed by atoms with Crippen molar-refractivity contribution in [2.75, 3.05) is 5.73 Å². The van der Waals surface area contributed by atoms with Gasteiger partial charge < -0.3 is 15.8 Å². The number of carbonyl (C=O) groups excluding carboxylic acids is 1. The molecule has 102 valence electrons. The zero-order valence-corrected chi connectivity index (χ0v) is 11.7. The van der Waals surface area contributed by atoms with Gasteiger partial charge in [-0.25, -0.2) is 9.78 Å². The minimum atomic E-state index is -0.503. The normalized spacial score (nSPS) is 10.1. The number of ether oxygens (including phenoxy) is 1. The number of amides is 1. The number of nitrogens with zero attached hydrogens (tertiary/aromatic N) is 2. The lowest BCUT2D eigenvalue weighted by Gasteiger charge is -2.19. The van der Waals surface area contributed by atoms with Gasteiger partial charge in [0.15, 0.2) is 0 Å². The molecule has 3 N–H and O–H groups in total. The van der Waals surface area contributed by atoms with E-state index in [0.717, 1.165) is 0 Å². The van der Waals surface area contributed by atoms with Crippen LogP contribution in [0.25, 0.3) is 0 Å². The molecule has 0 aliphatic heterocycles.